The van der Waals surface area contributed by atoms with Crippen LogP contribution in [0.15, 0.2) is 102 Å². The fraction of sp³-hybridized carbons (Fsp3) is 0.0714. The Morgan fingerprint density at radius 2 is 1.50 bits per heavy atom. The molecule has 0 atom stereocenters. The Balaban J connectivity index is 1.33. The van der Waals surface area contributed by atoms with E-state index in [2.05, 4.69) is 26.6 Å². The van der Waals surface area contributed by atoms with Crippen LogP contribution >= 0.6 is 15.9 Å². The van der Waals surface area contributed by atoms with Crippen molar-refractivity contribution in [1.82, 2.24) is 0 Å². The highest BCUT2D eigenvalue weighted by Gasteiger charge is 2.11. The number of amides is 2. The largest absolute Gasteiger partial charge is 0.483 e. The van der Waals surface area contributed by atoms with Crippen LogP contribution in [0.2, 0.25) is 0 Å². The highest BCUT2D eigenvalue weighted by molar-refractivity contribution is 9.10. The predicted molar refractivity (Wildman–Crippen MR) is 139 cm³/mol. The molecule has 0 heterocycles. The van der Waals surface area contributed by atoms with Crippen molar-refractivity contribution in [2.24, 2.45) is 0 Å². The van der Waals surface area contributed by atoms with E-state index in [-0.39, 0.29) is 18.4 Å². The molecule has 6 heteroatoms. The Bertz CT molecular complexity index is 1310. The molecule has 0 aliphatic carbocycles. The van der Waals surface area contributed by atoms with Gasteiger partial charge in [-0.3, -0.25) is 9.59 Å². The van der Waals surface area contributed by atoms with Gasteiger partial charge in [-0.1, -0.05) is 54.6 Å². The smallest absolute Gasteiger partial charge is 0.262 e. The highest BCUT2D eigenvalue weighted by Crippen LogP contribution is 2.30. The van der Waals surface area contributed by atoms with Gasteiger partial charge in [0.2, 0.25) is 0 Å². The van der Waals surface area contributed by atoms with E-state index in [9.17, 15) is 9.59 Å². The molecule has 0 spiro atoms. The first-order chi connectivity index (χ1) is 16.5. The minimum atomic E-state index is -0.278. The van der Waals surface area contributed by atoms with Crippen LogP contribution < -0.4 is 15.4 Å². The summed E-state index contributed by atoms with van der Waals surface area (Å²) in [5, 5.41) is 5.72. The van der Waals surface area contributed by atoms with Crippen molar-refractivity contribution in [3.05, 3.63) is 113 Å². The average Bonchev–Trinajstić information content (AvgIpc) is 2.86. The normalized spacial score (nSPS) is 10.4. The van der Waals surface area contributed by atoms with E-state index in [1.165, 1.54) is 0 Å². The lowest BCUT2D eigenvalue weighted by atomic mass is 10.1. The van der Waals surface area contributed by atoms with Crippen LogP contribution in [0, 0.1) is 6.92 Å². The Hall–Kier alpha value is -3.90. The molecule has 2 amide bonds. The first kappa shape index (κ1) is 23.3. The van der Waals surface area contributed by atoms with Gasteiger partial charge >= 0.3 is 0 Å². The van der Waals surface area contributed by atoms with Crippen molar-refractivity contribution in [1.29, 1.82) is 0 Å². The molecule has 4 aromatic carbocycles. The lowest BCUT2D eigenvalue weighted by molar-refractivity contribution is -0.118. The molecule has 34 heavy (non-hydrogen) atoms. The number of nitrogens with one attached hydrogen (secondary N) is 2. The third-order valence-corrected chi connectivity index (χ3v) is 5.81. The number of rotatable bonds is 7. The number of ether oxygens (including phenoxy) is 1. The van der Waals surface area contributed by atoms with Gasteiger partial charge < -0.3 is 15.4 Å². The number of hydrogen-bond donors (Lipinski definition) is 2. The fourth-order valence-electron chi connectivity index (χ4n) is 3.43. The Morgan fingerprint density at radius 1 is 0.794 bits per heavy atom. The average molecular weight is 515 g/mol. The molecule has 0 aliphatic rings. The second-order valence-electron chi connectivity index (χ2n) is 7.70. The number of halogens is 1. The van der Waals surface area contributed by atoms with Gasteiger partial charge in [-0.2, -0.15) is 0 Å². The lowest BCUT2D eigenvalue weighted by Crippen LogP contribution is -2.20. The second kappa shape index (κ2) is 10.8. The van der Waals surface area contributed by atoms with Crippen LogP contribution in [-0.4, -0.2) is 18.4 Å². The van der Waals surface area contributed by atoms with E-state index in [0.29, 0.717) is 22.7 Å². The summed E-state index contributed by atoms with van der Waals surface area (Å²) in [5.74, 6) is 0.127. The summed E-state index contributed by atoms with van der Waals surface area (Å²) < 4.78 is 6.48. The third-order valence-electron chi connectivity index (χ3n) is 5.19. The first-order valence-electron chi connectivity index (χ1n) is 10.7. The molecule has 2 N–H and O–H groups in total. The van der Waals surface area contributed by atoms with Crippen molar-refractivity contribution in [3.63, 3.8) is 0 Å². The van der Waals surface area contributed by atoms with Gasteiger partial charge in [0.05, 0.1) is 4.47 Å². The number of carbonyl (C=O) groups excluding carboxylic acids is 2. The van der Waals surface area contributed by atoms with Gasteiger partial charge in [-0.15, -0.1) is 0 Å². The summed E-state index contributed by atoms with van der Waals surface area (Å²) in [6, 6.07) is 30.1. The molecule has 170 valence electrons. The van der Waals surface area contributed by atoms with Crippen LogP contribution in [0.25, 0.3) is 11.1 Å². The van der Waals surface area contributed by atoms with Gasteiger partial charge in [0.1, 0.15) is 5.75 Å². The molecule has 0 saturated carbocycles. The number of anilines is 2. The molecule has 0 saturated heterocycles. The van der Waals surface area contributed by atoms with Gasteiger partial charge in [0, 0.05) is 16.9 Å². The van der Waals surface area contributed by atoms with E-state index in [0.717, 1.165) is 21.2 Å². The van der Waals surface area contributed by atoms with Gasteiger partial charge in [-0.05, 0) is 82.0 Å². The fourth-order valence-corrected chi connectivity index (χ4v) is 3.93. The molecule has 4 aromatic rings. The molecule has 0 aliphatic heterocycles. The summed E-state index contributed by atoms with van der Waals surface area (Å²) in [6.45, 7) is 1.74. The van der Waals surface area contributed by atoms with Crippen LogP contribution in [0.1, 0.15) is 15.9 Å². The minimum absolute atomic E-state index is 0.130. The van der Waals surface area contributed by atoms with Gasteiger partial charge in [0.15, 0.2) is 6.61 Å². The van der Waals surface area contributed by atoms with Crippen molar-refractivity contribution in [2.45, 2.75) is 6.92 Å². The third kappa shape index (κ3) is 5.91. The van der Waals surface area contributed by atoms with Crippen LogP contribution in [0.4, 0.5) is 11.4 Å². The van der Waals surface area contributed by atoms with Gasteiger partial charge in [-0.25, -0.2) is 0 Å². The molecular weight excluding hydrogens is 492 g/mol. The van der Waals surface area contributed by atoms with Crippen molar-refractivity contribution < 1.29 is 14.3 Å². The highest BCUT2D eigenvalue weighted by atomic mass is 79.9. The second-order valence-corrected chi connectivity index (χ2v) is 8.55. The molecule has 0 unspecified atom stereocenters. The zero-order valence-electron chi connectivity index (χ0n) is 18.5. The molecule has 0 bridgehead atoms. The standard InChI is InChI=1S/C28H23BrN2O3/c1-19-16-23(13-14-25(19)31-28(33)21-10-6-3-7-11-21)30-27(32)18-34-26-15-12-22(17-24(26)29)20-8-4-2-5-9-20/h2-17H,18H2,1H3,(H,30,32)(H,31,33). The van der Waals surface area contributed by atoms with Gasteiger partial charge in [0.25, 0.3) is 11.8 Å². The summed E-state index contributed by atoms with van der Waals surface area (Å²) in [6.07, 6.45) is 0. The molecule has 0 radical (unpaired) electrons. The first-order valence-corrected chi connectivity index (χ1v) is 11.5. The van der Waals surface area contributed by atoms with E-state index in [1.54, 1.807) is 24.3 Å². The predicted octanol–water partition coefficient (Wildman–Crippen LogP) is 6.69. The summed E-state index contributed by atoms with van der Waals surface area (Å²) in [7, 11) is 0. The molecule has 4 rings (SSSR count). The Morgan fingerprint density at radius 3 is 2.18 bits per heavy atom. The zero-order valence-corrected chi connectivity index (χ0v) is 20.1. The maximum Gasteiger partial charge on any atom is 0.262 e. The summed E-state index contributed by atoms with van der Waals surface area (Å²) in [5.41, 5.74) is 4.89. The van der Waals surface area contributed by atoms with E-state index >= 15 is 0 Å². The van der Waals surface area contributed by atoms with Crippen LogP contribution in [-0.2, 0) is 4.79 Å². The van der Waals surface area contributed by atoms with E-state index in [1.807, 2.05) is 79.7 Å². The van der Waals surface area contributed by atoms with Crippen LogP contribution in [0.5, 0.6) is 5.75 Å². The van der Waals surface area contributed by atoms with E-state index < -0.39 is 0 Å². The van der Waals surface area contributed by atoms with E-state index in [4.69, 9.17) is 4.74 Å². The van der Waals surface area contributed by atoms with Crippen LogP contribution in [0.3, 0.4) is 0 Å². The number of carbonyl (C=O) groups is 2. The topological polar surface area (TPSA) is 67.4 Å². The maximum absolute atomic E-state index is 12.4. The Labute approximate surface area is 206 Å². The van der Waals surface area contributed by atoms with Crippen molar-refractivity contribution >= 4 is 39.1 Å². The maximum atomic E-state index is 12.4. The Kier molecular flexibility index (Phi) is 7.40. The van der Waals surface area contributed by atoms with Crippen molar-refractivity contribution in [3.8, 4) is 16.9 Å². The number of aryl methyl sites for hydroxylation is 1. The SMILES string of the molecule is Cc1cc(NC(=O)COc2ccc(-c3ccccc3)cc2Br)ccc1NC(=O)c1ccccc1. The quantitative estimate of drug-likeness (QED) is 0.288. The monoisotopic (exact) mass is 514 g/mol. The van der Waals surface area contributed by atoms with Crippen molar-refractivity contribution in [2.75, 3.05) is 17.2 Å². The molecule has 5 nitrogen and oxygen atoms in total. The lowest BCUT2D eigenvalue weighted by Gasteiger charge is -2.12. The number of benzene rings is 4. The molecular formula is C28H23BrN2O3. The zero-order chi connectivity index (χ0) is 23.9. The molecule has 0 fully saturated rings. The minimum Gasteiger partial charge on any atom is -0.483 e. The summed E-state index contributed by atoms with van der Waals surface area (Å²) in [4.78, 5) is 24.8. The number of hydrogen-bond acceptors (Lipinski definition) is 3. The molecule has 0 aromatic heterocycles. The summed E-state index contributed by atoms with van der Waals surface area (Å²) >= 11 is 3.52.